The molecule has 4 aliphatic carbocycles. The lowest BCUT2D eigenvalue weighted by molar-refractivity contribution is -0.193. The molecule has 2 saturated heterocycles. The molecule has 6 aliphatic rings. The molecule has 25 heteroatoms. The number of aromatic nitrogens is 8. The van der Waals surface area contributed by atoms with Crippen molar-refractivity contribution in [3.05, 3.63) is 307 Å². The van der Waals surface area contributed by atoms with Crippen LogP contribution in [0.2, 0.25) is 0 Å². The molecule has 25 nitrogen and oxygen atoms in total. The highest BCUT2D eigenvalue weighted by molar-refractivity contribution is 5.88. The number of nitrogens with zero attached hydrogens (tertiary/aromatic N) is 13. The van der Waals surface area contributed by atoms with Gasteiger partial charge in [0.1, 0.15) is 46.6 Å². The Labute approximate surface area is 813 Å². The van der Waals surface area contributed by atoms with Crippen molar-refractivity contribution in [2.75, 3.05) is 146 Å². The van der Waals surface area contributed by atoms with E-state index in [0.717, 1.165) is 187 Å². The Morgan fingerprint density at radius 3 is 1.05 bits per heavy atom. The lowest BCUT2D eigenvalue weighted by Crippen LogP contribution is -2.34. The predicted molar refractivity (Wildman–Crippen MR) is 542 cm³/mol. The average molecular weight is 1860 g/mol. The maximum atomic E-state index is 8.12. The molecule has 0 amide bonds. The molecule has 8 aromatic carbocycles. The number of hydrogen-bond donors (Lipinski definition) is 4. The van der Waals surface area contributed by atoms with E-state index in [1.807, 2.05) is 19.2 Å². The summed E-state index contributed by atoms with van der Waals surface area (Å²) in [7, 11) is 6.37. The van der Waals surface area contributed by atoms with Gasteiger partial charge in [-0.05, 0) is 239 Å². The van der Waals surface area contributed by atoms with Gasteiger partial charge in [0, 0.05) is 113 Å². The van der Waals surface area contributed by atoms with Gasteiger partial charge in [-0.25, -0.2) is 39.9 Å². The number of terminal acetylenes is 1. The van der Waals surface area contributed by atoms with Crippen molar-refractivity contribution in [3.8, 4) is 56.9 Å². The second-order valence-electron chi connectivity index (χ2n) is 35.7. The topological polar surface area (TPSA) is 304 Å². The number of anilines is 4. The van der Waals surface area contributed by atoms with Crippen LogP contribution < -0.4 is 31.1 Å². The van der Waals surface area contributed by atoms with E-state index in [2.05, 4.69) is 282 Å². The standard InChI is InChI=1S/C29H35N5.C29H36N4.C28H34N4.C23H26N4.4CO2/c1-4-14-30-15-8-17-34(3)18-9-16-31-29-28-25-13-12-22(2)19-24(25)21-26(28)32-27(33-29)20-23-10-6-5-7-11-23;1-3-33(18-10-17-32-15-8-5-9-16-32)29-28-25-14-13-22(2)19-24(25)21-26(28)30-27(31-29)20-23-11-6-4-7-12-23;1-21-12-13-24-23(18-21)20-25-27(24)28(30-26(29-25)19-22-10-5-3-6-11-22)31(2)14-9-17-32-15-7-4-8-16-32;1-16-9-10-19-18(13-16)15-20-22(19)23(25-12-6-11-24-2)27-21(26-20)14-17-7-4-3-5-8-17;4*2-1-3/h1,5-7,10-13,19,30H,8-9,14-18,20-21H2,2-3H3,(H,31,32,33);4,6-7,11-14,19H,3,5,8-10,15-18,20-21H2,1-2H3;3,5-6,10-13,18H,4,7-9,14-17,19-20H2,1-2H3;3-5,7-10,13,24H,6,11-12,14-15H2,1-2H3,(H,25,26,27);;;;. The van der Waals surface area contributed by atoms with E-state index in [9.17, 15) is 0 Å². The van der Waals surface area contributed by atoms with Crippen LogP contribution in [0.25, 0.3) is 44.5 Å². The molecule has 2 fully saturated rings. The molecule has 0 unspecified atom stereocenters. The van der Waals surface area contributed by atoms with Crippen LogP contribution >= 0.6 is 0 Å². The van der Waals surface area contributed by atoms with Crippen molar-refractivity contribution >= 4 is 47.9 Å². The molecular formula is C113H131N17O8. The van der Waals surface area contributed by atoms with Crippen LogP contribution in [-0.4, -0.2) is 205 Å². The first kappa shape index (κ1) is 105. The fourth-order valence-corrected chi connectivity index (χ4v) is 18.9. The molecule has 6 heterocycles. The molecule has 4 N–H and O–H groups in total. The summed E-state index contributed by atoms with van der Waals surface area (Å²) in [5.74, 6) is 10.4. The number of likely N-dealkylation sites (tertiary alicyclic amines) is 2. The van der Waals surface area contributed by atoms with Gasteiger partial charge in [0.05, 0.1) is 29.3 Å². The predicted octanol–water partition coefficient (Wildman–Crippen LogP) is 16.8. The van der Waals surface area contributed by atoms with Crippen molar-refractivity contribution in [2.45, 2.75) is 157 Å². The number of hydrogen-bond acceptors (Lipinski definition) is 25. The van der Waals surface area contributed by atoms with Crippen LogP contribution in [0.5, 0.6) is 0 Å². The first-order valence-electron chi connectivity index (χ1n) is 48.4. The average Bonchev–Trinajstić information content (AvgIpc) is 1.64. The molecule has 4 aromatic heterocycles. The molecule has 0 bridgehead atoms. The first-order valence-corrected chi connectivity index (χ1v) is 48.4. The number of benzene rings is 8. The summed E-state index contributed by atoms with van der Waals surface area (Å²) in [6.07, 6.45) is 26.7. The molecule has 0 spiro atoms. The summed E-state index contributed by atoms with van der Waals surface area (Å²) < 4.78 is 0. The molecule has 0 saturated carbocycles. The van der Waals surface area contributed by atoms with Gasteiger partial charge in [0.2, 0.25) is 0 Å². The summed E-state index contributed by atoms with van der Waals surface area (Å²) in [6.45, 7) is 27.9. The minimum Gasteiger partial charge on any atom is -0.369 e. The van der Waals surface area contributed by atoms with E-state index in [1.165, 1.54) is 213 Å². The summed E-state index contributed by atoms with van der Waals surface area (Å²) >= 11 is 0. The summed E-state index contributed by atoms with van der Waals surface area (Å²) in [5, 5.41) is 13.7. The number of rotatable bonds is 34. The fourth-order valence-electron chi connectivity index (χ4n) is 18.9. The lowest BCUT2D eigenvalue weighted by Gasteiger charge is -2.29. The van der Waals surface area contributed by atoms with Crippen molar-refractivity contribution in [2.24, 2.45) is 0 Å². The molecular weight excluding hydrogens is 1720 g/mol. The van der Waals surface area contributed by atoms with Gasteiger partial charge in [-0.2, -0.15) is 38.4 Å². The summed E-state index contributed by atoms with van der Waals surface area (Å²) in [6, 6.07) is 69.1. The summed E-state index contributed by atoms with van der Waals surface area (Å²) in [5.41, 5.74) is 30.4. The Bertz CT molecular complexity index is 6040. The number of nitrogens with one attached hydrogen (secondary N) is 4. The van der Waals surface area contributed by atoms with Crippen molar-refractivity contribution < 1.29 is 38.4 Å². The third-order valence-corrected chi connectivity index (χ3v) is 25.3. The van der Waals surface area contributed by atoms with Gasteiger partial charge in [-0.1, -0.05) is 235 Å². The van der Waals surface area contributed by atoms with Gasteiger partial charge < -0.3 is 45.8 Å². The van der Waals surface area contributed by atoms with Gasteiger partial charge in [0.25, 0.3) is 0 Å². The highest BCUT2D eigenvalue weighted by Crippen LogP contribution is 2.46. The van der Waals surface area contributed by atoms with E-state index in [4.69, 9.17) is 84.7 Å². The largest absolute Gasteiger partial charge is 0.373 e. The number of piperidine rings is 2. The number of carbonyl (C=O) groups excluding carboxylic acids is 8. The Kier molecular flexibility index (Phi) is 42.5. The van der Waals surface area contributed by atoms with Crippen LogP contribution in [0.1, 0.15) is 190 Å². The van der Waals surface area contributed by atoms with Gasteiger partial charge in [0.15, 0.2) is 0 Å². The Hall–Kier alpha value is -13.8. The Morgan fingerprint density at radius 2 is 0.688 bits per heavy atom. The van der Waals surface area contributed by atoms with Crippen molar-refractivity contribution in [1.82, 2.24) is 65.2 Å². The third kappa shape index (κ3) is 31.1. The van der Waals surface area contributed by atoms with Crippen LogP contribution in [0.15, 0.2) is 194 Å². The highest BCUT2D eigenvalue weighted by Gasteiger charge is 2.32. The molecule has 18 rings (SSSR count). The second-order valence-corrected chi connectivity index (χ2v) is 35.7. The van der Waals surface area contributed by atoms with Crippen molar-refractivity contribution in [3.63, 3.8) is 0 Å². The smallest absolute Gasteiger partial charge is 0.369 e. The number of fused-ring (bicyclic) bond motifs is 12. The maximum absolute atomic E-state index is 8.12. The van der Waals surface area contributed by atoms with E-state index in [-0.39, 0.29) is 24.6 Å². The third-order valence-electron chi connectivity index (χ3n) is 25.3. The molecule has 12 aromatic rings. The molecule has 138 heavy (non-hydrogen) atoms. The van der Waals surface area contributed by atoms with Crippen LogP contribution in [-0.2, 0) is 89.7 Å². The zero-order valence-corrected chi connectivity index (χ0v) is 81.4. The first-order chi connectivity index (χ1) is 67.4. The normalized spacial score (nSPS) is 12.7. The van der Waals surface area contributed by atoms with Crippen LogP contribution in [0.3, 0.4) is 0 Å². The van der Waals surface area contributed by atoms with E-state index >= 15 is 0 Å². The van der Waals surface area contributed by atoms with Gasteiger partial charge in [-0.3, -0.25) is 0 Å². The highest BCUT2D eigenvalue weighted by atomic mass is 16.2. The maximum Gasteiger partial charge on any atom is 0.373 e. The quantitative estimate of drug-likeness (QED) is 0.0215. The van der Waals surface area contributed by atoms with Crippen LogP contribution in [0.4, 0.5) is 23.3 Å². The van der Waals surface area contributed by atoms with Gasteiger partial charge in [-0.15, -0.1) is 6.42 Å². The fraction of sp³-hybridized carbons (Fsp3) is 0.381. The van der Waals surface area contributed by atoms with E-state index in [1.54, 1.807) is 0 Å². The molecule has 2 aliphatic heterocycles. The summed E-state index contributed by atoms with van der Waals surface area (Å²) in [4.78, 5) is 118. The lowest BCUT2D eigenvalue weighted by atomic mass is 10.0. The molecule has 0 atom stereocenters. The Morgan fingerprint density at radius 1 is 0.362 bits per heavy atom. The molecule has 0 radical (unpaired) electrons. The monoisotopic (exact) mass is 1850 g/mol. The SMILES string of the molecule is C#CCNCCCN(C)CCCNc1nc(Cc2ccccc2)nc2c1-c1ccc(C)cc1C2.CCN(CCCN1CCCCC1)c1nc(Cc2ccccc2)nc2c1-c1ccc(C)cc1C2.CNCCCNc1nc(Cc2ccccc2)nc2c1-c1ccc(C)cc1C2.Cc1ccc2c(c1)Cc1nc(Cc3ccccc3)nc(N(C)CCCN3CCCCC3)c1-2.O=C=O.O=C=O.O=C=O.O=C=O. The number of aryl methyl sites for hydroxylation is 4. The van der Waals surface area contributed by atoms with Crippen LogP contribution in [0, 0.1) is 40.0 Å². The minimum absolute atomic E-state index is 0.250. The van der Waals surface area contributed by atoms with E-state index < -0.39 is 0 Å². The van der Waals surface area contributed by atoms with Crippen molar-refractivity contribution in [1.29, 1.82) is 0 Å². The zero-order valence-electron chi connectivity index (χ0n) is 81.4. The molecule has 716 valence electrons. The van der Waals surface area contributed by atoms with Gasteiger partial charge >= 0.3 is 24.6 Å². The minimum atomic E-state index is 0.250. The zero-order chi connectivity index (χ0) is 97.8. The van der Waals surface area contributed by atoms with E-state index in [0.29, 0.717) is 6.54 Å². The Balaban J connectivity index is 0.000000170. The second kappa shape index (κ2) is 56.0.